The molecule has 0 radical (unpaired) electrons. The predicted molar refractivity (Wildman–Crippen MR) is 54.6 cm³/mol. The zero-order valence-corrected chi connectivity index (χ0v) is 9.44. The third kappa shape index (κ3) is 2.07. The highest BCUT2D eigenvalue weighted by atomic mass is 127. The summed E-state index contributed by atoms with van der Waals surface area (Å²) in [6, 6.07) is 2.00. The molecule has 1 heterocycles. The molecule has 1 aromatic rings. The lowest BCUT2D eigenvalue weighted by atomic mass is 10.3. The fraction of sp³-hybridized carbons (Fsp3) is 0.167. The van der Waals surface area contributed by atoms with Crippen molar-refractivity contribution in [3.8, 4) is 0 Å². The van der Waals surface area contributed by atoms with Gasteiger partial charge in [-0.25, -0.2) is 4.98 Å². The van der Waals surface area contributed by atoms with Crippen LogP contribution in [0.1, 0.15) is 5.56 Å². The zero-order valence-electron chi connectivity index (χ0n) is 4.94. The first kappa shape index (κ1) is 8.74. The fourth-order valence-corrected chi connectivity index (χ4v) is 1.48. The third-order valence-corrected chi connectivity index (χ3v) is 3.10. The van der Waals surface area contributed by atoms with Crippen LogP contribution in [0.5, 0.6) is 0 Å². The van der Waals surface area contributed by atoms with E-state index in [4.69, 9.17) is 11.6 Å². The Kier molecular flexibility index (Phi) is 3.39. The van der Waals surface area contributed by atoms with Gasteiger partial charge in [0.25, 0.3) is 0 Å². The van der Waals surface area contributed by atoms with Gasteiger partial charge in [0, 0.05) is 11.5 Å². The van der Waals surface area contributed by atoms with Crippen molar-refractivity contribution < 1.29 is 0 Å². The lowest BCUT2D eigenvalue weighted by Gasteiger charge is -1.96. The molecule has 0 spiro atoms. The molecule has 0 bridgehead atoms. The Hall–Kier alpha value is 0.650. The molecular formula is C6H4BrClIN. The normalized spacial score (nSPS) is 9.90. The molecule has 0 aliphatic rings. The molecule has 0 N–H and O–H groups in total. The average Bonchev–Trinajstić information content (AvgIpc) is 1.95. The molecule has 0 aromatic carbocycles. The van der Waals surface area contributed by atoms with E-state index in [1.54, 1.807) is 6.20 Å². The van der Waals surface area contributed by atoms with Crippen LogP contribution in [0.15, 0.2) is 12.3 Å². The summed E-state index contributed by atoms with van der Waals surface area (Å²) in [6.07, 6.45) is 1.76. The third-order valence-electron chi connectivity index (χ3n) is 1.01. The summed E-state index contributed by atoms with van der Waals surface area (Å²) < 4.78 is 0.996. The van der Waals surface area contributed by atoms with Crippen LogP contribution in [-0.2, 0) is 5.33 Å². The van der Waals surface area contributed by atoms with E-state index in [0.29, 0.717) is 5.15 Å². The molecule has 10 heavy (non-hydrogen) atoms. The van der Waals surface area contributed by atoms with E-state index in [9.17, 15) is 0 Å². The first-order valence-corrected chi connectivity index (χ1v) is 5.17. The van der Waals surface area contributed by atoms with Gasteiger partial charge in [-0.05, 0) is 34.2 Å². The van der Waals surface area contributed by atoms with E-state index in [1.165, 1.54) is 0 Å². The van der Waals surface area contributed by atoms with Crippen LogP contribution >= 0.6 is 50.1 Å². The maximum atomic E-state index is 5.70. The van der Waals surface area contributed by atoms with Gasteiger partial charge in [-0.3, -0.25) is 0 Å². The van der Waals surface area contributed by atoms with Crippen molar-refractivity contribution in [3.63, 3.8) is 0 Å². The van der Waals surface area contributed by atoms with E-state index < -0.39 is 0 Å². The standard InChI is InChI=1S/C6H4BrClIN/c7-2-4-1-5(9)6(8)10-3-4/h1,3H,2H2. The van der Waals surface area contributed by atoms with Gasteiger partial charge in [-0.2, -0.15) is 0 Å². The van der Waals surface area contributed by atoms with Gasteiger partial charge in [0.2, 0.25) is 0 Å². The summed E-state index contributed by atoms with van der Waals surface area (Å²) in [5.41, 5.74) is 1.15. The van der Waals surface area contributed by atoms with Crippen molar-refractivity contribution in [2.45, 2.75) is 5.33 Å². The van der Waals surface area contributed by atoms with Gasteiger partial charge in [-0.1, -0.05) is 27.5 Å². The van der Waals surface area contributed by atoms with Crippen LogP contribution in [0, 0.1) is 3.57 Å². The van der Waals surface area contributed by atoms with Gasteiger partial charge in [-0.15, -0.1) is 0 Å². The Morgan fingerprint density at radius 3 is 2.90 bits per heavy atom. The maximum Gasteiger partial charge on any atom is 0.142 e. The zero-order chi connectivity index (χ0) is 7.56. The molecule has 0 amide bonds. The Morgan fingerprint density at radius 1 is 1.70 bits per heavy atom. The van der Waals surface area contributed by atoms with Crippen molar-refractivity contribution in [1.29, 1.82) is 0 Å². The second kappa shape index (κ2) is 3.88. The van der Waals surface area contributed by atoms with Gasteiger partial charge in [0.15, 0.2) is 0 Å². The highest BCUT2D eigenvalue weighted by molar-refractivity contribution is 14.1. The first-order chi connectivity index (χ1) is 4.74. The molecular weight excluding hydrogens is 328 g/mol. The van der Waals surface area contributed by atoms with Gasteiger partial charge in [0.1, 0.15) is 5.15 Å². The van der Waals surface area contributed by atoms with E-state index in [0.717, 1.165) is 14.5 Å². The molecule has 1 aromatic heterocycles. The van der Waals surface area contributed by atoms with E-state index in [-0.39, 0.29) is 0 Å². The topological polar surface area (TPSA) is 12.9 Å². The van der Waals surface area contributed by atoms with Crippen LogP contribution in [-0.4, -0.2) is 4.98 Å². The smallest absolute Gasteiger partial charge is 0.142 e. The van der Waals surface area contributed by atoms with E-state index in [2.05, 4.69) is 43.5 Å². The highest BCUT2D eigenvalue weighted by Crippen LogP contribution is 2.17. The van der Waals surface area contributed by atoms with Crippen molar-refractivity contribution in [3.05, 3.63) is 26.5 Å². The molecule has 0 saturated heterocycles. The monoisotopic (exact) mass is 331 g/mol. The minimum absolute atomic E-state index is 0.574. The number of hydrogen-bond donors (Lipinski definition) is 0. The van der Waals surface area contributed by atoms with Crippen molar-refractivity contribution in [1.82, 2.24) is 4.98 Å². The van der Waals surface area contributed by atoms with Gasteiger partial charge < -0.3 is 0 Å². The predicted octanol–water partition coefficient (Wildman–Crippen LogP) is 3.23. The molecule has 0 aliphatic carbocycles. The SMILES string of the molecule is Clc1ncc(CBr)cc1I. The largest absolute Gasteiger partial charge is 0.243 e. The number of hydrogen-bond acceptors (Lipinski definition) is 1. The van der Waals surface area contributed by atoms with Crippen LogP contribution in [0.4, 0.5) is 0 Å². The van der Waals surface area contributed by atoms with E-state index in [1.807, 2.05) is 6.07 Å². The van der Waals surface area contributed by atoms with Crippen molar-refractivity contribution in [2.24, 2.45) is 0 Å². The molecule has 1 nitrogen and oxygen atoms in total. The van der Waals surface area contributed by atoms with Crippen LogP contribution in [0.2, 0.25) is 5.15 Å². The summed E-state index contributed by atoms with van der Waals surface area (Å²) in [7, 11) is 0. The Bertz CT molecular complexity index is 241. The Labute approximate surface area is 86.4 Å². The molecule has 0 atom stereocenters. The van der Waals surface area contributed by atoms with Crippen LogP contribution in [0.3, 0.4) is 0 Å². The number of nitrogens with zero attached hydrogens (tertiary/aromatic N) is 1. The Balaban J connectivity index is 3.04. The van der Waals surface area contributed by atoms with Crippen molar-refractivity contribution >= 4 is 50.1 Å². The number of aromatic nitrogens is 1. The lowest BCUT2D eigenvalue weighted by Crippen LogP contribution is -1.84. The minimum Gasteiger partial charge on any atom is -0.243 e. The maximum absolute atomic E-state index is 5.70. The number of pyridine rings is 1. The summed E-state index contributed by atoms with van der Waals surface area (Å²) in [6.45, 7) is 0. The molecule has 0 saturated carbocycles. The lowest BCUT2D eigenvalue weighted by molar-refractivity contribution is 1.24. The number of rotatable bonds is 1. The van der Waals surface area contributed by atoms with Crippen LogP contribution in [0.25, 0.3) is 0 Å². The summed E-state index contributed by atoms with van der Waals surface area (Å²) in [5, 5.41) is 1.40. The first-order valence-electron chi connectivity index (χ1n) is 2.60. The Morgan fingerprint density at radius 2 is 2.40 bits per heavy atom. The van der Waals surface area contributed by atoms with Gasteiger partial charge in [0.05, 0.1) is 3.57 Å². The fourth-order valence-electron chi connectivity index (χ4n) is 0.534. The molecule has 0 fully saturated rings. The summed E-state index contributed by atoms with van der Waals surface area (Å²) >= 11 is 11.2. The second-order valence-corrected chi connectivity index (χ2v) is 3.83. The molecule has 1 rings (SSSR count). The average molecular weight is 332 g/mol. The molecule has 0 aliphatic heterocycles. The summed E-state index contributed by atoms with van der Waals surface area (Å²) in [5.74, 6) is 0. The summed E-state index contributed by atoms with van der Waals surface area (Å²) in [4.78, 5) is 3.98. The highest BCUT2D eigenvalue weighted by Gasteiger charge is 1.97. The second-order valence-electron chi connectivity index (χ2n) is 1.75. The number of halogens is 3. The molecule has 54 valence electrons. The number of alkyl halides is 1. The quantitative estimate of drug-likeness (QED) is 0.437. The van der Waals surface area contributed by atoms with Gasteiger partial charge >= 0.3 is 0 Å². The van der Waals surface area contributed by atoms with Crippen LogP contribution < -0.4 is 0 Å². The van der Waals surface area contributed by atoms with E-state index >= 15 is 0 Å². The molecule has 4 heteroatoms. The molecule has 0 unspecified atom stereocenters. The van der Waals surface area contributed by atoms with Crippen molar-refractivity contribution in [2.75, 3.05) is 0 Å². The minimum atomic E-state index is 0.574.